The molecule has 0 aromatic heterocycles. The van der Waals surface area contributed by atoms with Crippen LogP contribution in [-0.4, -0.2) is 101 Å². The summed E-state index contributed by atoms with van der Waals surface area (Å²) in [5.74, 6) is 0.558. The first kappa shape index (κ1) is 38.6. The molecule has 3 aliphatic rings. The highest BCUT2D eigenvalue weighted by Gasteiger charge is 2.37. The number of aryl methyl sites for hydroxylation is 2. The lowest BCUT2D eigenvalue weighted by Gasteiger charge is -2.40. The minimum Gasteiger partial charge on any atom is -0.483 e. The zero-order valence-electron chi connectivity index (χ0n) is 31.8. The molecule has 4 aromatic carbocycles. The lowest BCUT2D eigenvalue weighted by Crippen LogP contribution is -2.55. The molecular weight excluding hydrogens is 713 g/mol. The predicted molar refractivity (Wildman–Crippen MR) is 208 cm³/mol. The number of hydrogen-bond donors (Lipinski definition) is 2. The highest BCUT2D eigenvalue weighted by atomic mass is 16.7. The second-order valence-corrected chi connectivity index (χ2v) is 14.8. The first-order valence-electron chi connectivity index (χ1n) is 19.2. The topological polar surface area (TPSA) is 138 Å². The Morgan fingerprint density at radius 1 is 0.875 bits per heavy atom. The Morgan fingerprint density at radius 2 is 1.57 bits per heavy atom. The average Bonchev–Trinajstić information content (AvgIpc) is 3.77. The van der Waals surface area contributed by atoms with Crippen molar-refractivity contribution in [2.45, 2.75) is 64.3 Å². The van der Waals surface area contributed by atoms with Crippen molar-refractivity contribution in [2.75, 3.05) is 39.6 Å². The molecule has 12 nitrogen and oxygen atoms in total. The molecule has 4 amide bonds. The van der Waals surface area contributed by atoms with Crippen molar-refractivity contribution in [1.29, 1.82) is 0 Å². The molecule has 3 aliphatic heterocycles. The Bertz CT molecular complexity index is 2030. The molecule has 3 heterocycles. The van der Waals surface area contributed by atoms with E-state index in [-0.39, 0.29) is 44.9 Å². The third-order valence-corrected chi connectivity index (χ3v) is 10.8. The van der Waals surface area contributed by atoms with Crippen molar-refractivity contribution < 1.29 is 38.5 Å². The maximum Gasteiger partial charge on any atom is 0.261 e. The van der Waals surface area contributed by atoms with Crippen LogP contribution in [0.4, 0.5) is 0 Å². The normalized spacial score (nSPS) is 16.4. The minimum absolute atomic E-state index is 0.0522. The number of aliphatic hydroxyl groups excluding tert-OH is 1. The number of carbonyl (C=O) groups excluding carboxylic acids is 4. The number of imide groups is 1. The standard InChI is InChI=1S/C44H48N4O8/c1-29-12-13-30(2)39(22-29)54-27-41(50)45-36(23-31-8-4-3-5-9-31)37(49)26-48(42(51)18-21-47-43(52)34-10-6-7-11-35(34)44(47)53)33-16-19-46(20-17-33)25-32-14-15-38-40(24-32)56-28-55-38/h3-15,22,24,33,36-37,49H,16-21,23,25-28H2,1-2H3,(H,45,50)/t36-,37-/m0/s1. The van der Waals surface area contributed by atoms with E-state index in [1.54, 1.807) is 29.2 Å². The van der Waals surface area contributed by atoms with Gasteiger partial charge >= 0.3 is 0 Å². The van der Waals surface area contributed by atoms with E-state index in [4.69, 9.17) is 14.2 Å². The molecule has 2 N–H and O–H groups in total. The molecule has 0 radical (unpaired) electrons. The number of piperidine rings is 1. The van der Waals surface area contributed by atoms with Gasteiger partial charge < -0.3 is 29.5 Å². The van der Waals surface area contributed by atoms with Gasteiger partial charge in [0.1, 0.15) is 5.75 Å². The highest BCUT2D eigenvalue weighted by Crippen LogP contribution is 2.33. The SMILES string of the molecule is Cc1ccc(C)c(OCC(=O)N[C@@H](Cc2ccccc2)[C@@H](O)CN(C(=O)CCN2C(=O)c3ccccc3C2=O)C2CCN(Cc3ccc4c(c3)OCO4)CC2)c1. The van der Waals surface area contributed by atoms with E-state index < -0.39 is 29.9 Å². The van der Waals surface area contributed by atoms with Crippen molar-refractivity contribution in [3.05, 3.63) is 124 Å². The number of nitrogens with zero attached hydrogens (tertiary/aromatic N) is 3. The van der Waals surface area contributed by atoms with Crippen LogP contribution in [0.2, 0.25) is 0 Å². The van der Waals surface area contributed by atoms with Crippen molar-refractivity contribution in [1.82, 2.24) is 20.0 Å². The van der Waals surface area contributed by atoms with Gasteiger partial charge in [0, 0.05) is 45.2 Å². The van der Waals surface area contributed by atoms with Gasteiger partial charge in [-0.25, -0.2) is 0 Å². The number of amides is 4. The largest absolute Gasteiger partial charge is 0.483 e. The summed E-state index contributed by atoms with van der Waals surface area (Å²) in [4.78, 5) is 59.0. The van der Waals surface area contributed by atoms with Gasteiger partial charge in [0.05, 0.1) is 23.3 Å². The van der Waals surface area contributed by atoms with E-state index in [9.17, 15) is 24.3 Å². The predicted octanol–water partition coefficient (Wildman–Crippen LogP) is 4.68. The molecular formula is C44H48N4O8. The van der Waals surface area contributed by atoms with Gasteiger partial charge in [-0.05, 0) is 85.7 Å². The summed E-state index contributed by atoms with van der Waals surface area (Å²) >= 11 is 0. The monoisotopic (exact) mass is 760 g/mol. The van der Waals surface area contributed by atoms with E-state index in [2.05, 4.69) is 10.2 Å². The molecule has 7 rings (SSSR count). The smallest absolute Gasteiger partial charge is 0.261 e. The van der Waals surface area contributed by atoms with E-state index >= 15 is 0 Å². The fraction of sp³-hybridized carbons (Fsp3) is 0.364. The Labute approximate surface area is 326 Å². The second kappa shape index (κ2) is 17.4. The fourth-order valence-corrected chi connectivity index (χ4v) is 7.67. The van der Waals surface area contributed by atoms with Gasteiger partial charge in [-0.15, -0.1) is 0 Å². The van der Waals surface area contributed by atoms with Crippen molar-refractivity contribution in [2.24, 2.45) is 0 Å². The summed E-state index contributed by atoms with van der Waals surface area (Å²) in [5, 5.41) is 14.9. The second-order valence-electron chi connectivity index (χ2n) is 14.8. The van der Waals surface area contributed by atoms with Crippen LogP contribution in [0.5, 0.6) is 17.2 Å². The van der Waals surface area contributed by atoms with Crippen molar-refractivity contribution in [3.63, 3.8) is 0 Å². The molecule has 12 heteroatoms. The number of hydrogen-bond acceptors (Lipinski definition) is 9. The van der Waals surface area contributed by atoms with Gasteiger partial charge in [0.25, 0.3) is 17.7 Å². The van der Waals surface area contributed by atoms with Crippen LogP contribution >= 0.6 is 0 Å². The van der Waals surface area contributed by atoms with Crippen molar-refractivity contribution in [3.8, 4) is 17.2 Å². The zero-order chi connectivity index (χ0) is 39.2. The Morgan fingerprint density at radius 3 is 2.30 bits per heavy atom. The zero-order valence-corrected chi connectivity index (χ0v) is 31.8. The van der Waals surface area contributed by atoms with E-state index in [0.717, 1.165) is 38.7 Å². The van der Waals surface area contributed by atoms with Gasteiger partial charge in [-0.1, -0.05) is 60.7 Å². The maximum atomic E-state index is 14.2. The number of fused-ring (bicyclic) bond motifs is 2. The molecule has 1 fully saturated rings. The average molecular weight is 761 g/mol. The van der Waals surface area contributed by atoms with Crippen LogP contribution in [-0.2, 0) is 22.6 Å². The third-order valence-electron chi connectivity index (χ3n) is 10.8. The molecule has 0 spiro atoms. The van der Waals surface area contributed by atoms with Crippen LogP contribution in [0.3, 0.4) is 0 Å². The van der Waals surface area contributed by atoms with Gasteiger partial charge in [0.2, 0.25) is 12.7 Å². The van der Waals surface area contributed by atoms with Crippen LogP contribution in [0, 0.1) is 13.8 Å². The van der Waals surface area contributed by atoms with Gasteiger partial charge in [0.15, 0.2) is 18.1 Å². The summed E-state index contributed by atoms with van der Waals surface area (Å²) in [7, 11) is 0. The first-order chi connectivity index (χ1) is 27.1. The van der Waals surface area contributed by atoms with E-state index in [0.29, 0.717) is 55.8 Å². The summed E-state index contributed by atoms with van der Waals surface area (Å²) < 4.78 is 16.9. The van der Waals surface area contributed by atoms with Crippen LogP contribution < -0.4 is 19.5 Å². The summed E-state index contributed by atoms with van der Waals surface area (Å²) in [6.07, 6.45) is 0.372. The minimum atomic E-state index is -1.14. The molecule has 0 bridgehead atoms. The van der Waals surface area contributed by atoms with E-state index in [1.807, 2.05) is 80.6 Å². The molecule has 1 saturated heterocycles. The highest BCUT2D eigenvalue weighted by molar-refractivity contribution is 6.21. The molecule has 0 unspecified atom stereocenters. The Kier molecular flexibility index (Phi) is 12.0. The lowest BCUT2D eigenvalue weighted by atomic mass is 9.97. The molecule has 292 valence electrons. The van der Waals surface area contributed by atoms with E-state index in [1.165, 1.54) is 0 Å². The van der Waals surface area contributed by atoms with Gasteiger partial charge in [-0.3, -0.25) is 29.0 Å². The van der Waals surface area contributed by atoms with Crippen LogP contribution in [0.25, 0.3) is 0 Å². The number of aliphatic hydroxyl groups is 1. The number of rotatable bonds is 15. The van der Waals surface area contributed by atoms with Gasteiger partial charge in [-0.2, -0.15) is 0 Å². The number of benzene rings is 4. The summed E-state index contributed by atoms with van der Waals surface area (Å²) in [6.45, 7) is 5.82. The molecule has 56 heavy (non-hydrogen) atoms. The summed E-state index contributed by atoms with van der Waals surface area (Å²) in [6, 6.07) is 27.0. The molecule has 0 aliphatic carbocycles. The number of likely N-dealkylation sites (tertiary alicyclic amines) is 1. The number of ether oxygens (including phenoxy) is 3. The van der Waals surface area contributed by atoms with Crippen LogP contribution in [0.1, 0.15) is 62.2 Å². The lowest BCUT2D eigenvalue weighted by molar-refractivity contribution is -0.137. The summed E-state index contributed by atoms with van der Waals surface area (Å²) in [5.41, 5.74) is 4.57. The third kappa shape index (κ3) is 9.04. The Balaban J connectivity index is 1.05. The quantitative estimate of drug-likeness (QED) is 0.166. The number of nitrogens with one attached hydrogen (secondary N) is 1. The fourth-order valence-electron chi connectivity index (χ4n) is 7.67. The Hall–Kier alpha value is -5.72. The first-order valence-corrected chi connectivity index (χ1v) is 19.2. The maximum absolute atomic E-state index is 14.2. The van der Waals surface area contributed by atoms with Crippen molar-refractivity contribution >= 4 is 23.6 Å². The number of carbonyl (C=O) groups is 4. The van der Waals surface area contributed by atoms with Crippen LogP contribution in [0.15, 0.2) is 91.0 Å². The molecule has 2 atom stereocenters. The molecule has 0 saturated carbocycles. The molecule has 4 aromatic rings.